The highest BCUT2D eigenvalue weighted by atomic mass is 19.4. The van der Waals surface area contributed by atoms with E-state index < -0.39 is 28.9 Å². The van der Waals surface area contributed by atoms with Crippen molar-refractivity contribution >= 4 is 11.7 Å². The third-order valence-electron chi connectivity index (χ3n) is 3.93. The molecule has 0 aromatic heterocycles. The van der Waals surface area contributed by atoms with Crippen LogP contribution < -0.4 is 5.32 Å². The standard InChI is InChI=1S/C14H15F4NO2/c15-10-7-9(14(16,17)18)3-4-11(10)19-8-13(12(20)21)5-1-2-6-13/h3-4,7,19H,1-2,5-6,8H2,(H,20,21). The third-order valence-corrected chi connectivity index (χ3v) is 3.93. The predicted octanol–water partition coefficient (Wildman–Crippen LogP) is 3.90. The van der Waals surface area contributed by atoms with Crippen LogP contribution in [0.3, 0.4) is 0 Å². The Morgan fingerprint density at radius 1 is 1.29 bits per heavy atom. The van der Waals surface area contributed by atoms with Gasteiger partial charge in [0.15, 0.2) is 0 Å². The van der Waals surface area contributed by atoms with Crippen LogP contribution in [0.2, 0.25) is 0 Å². The Labute approximate surface area is 119 Å². The topological polar surface area (TPSA) is 49.3 Å². The quantitative estimate of drug-likeness (QED) is 0.829. The lowest BCUT2D eigenvalue weighted by atomic mass is 9.86. The number of hydrogen-bond acceptors (Lipinski definition) is 2. The Balaban J connectivity index is 2.12. The van der Waals surface area contributed by atoms with Crippen LogP contribution in [-0.4, -0.2) is 17.6 Å². The second-order valence-corrected chi connectivity index (χ2v) is 5.34. The normalized spacial score (nSPS) is 17.7. The van der Waals surface area contributed by atoms with Gasteiger partial charge in [0.25, 0.3) is 0 Å². The van der Waals surface area contributed by atoms with Crippen molar-refractivity contribution in [1.82, 2.24) is 0 Å². The summed E-state index contributed by atoms with van der Waals surface area (Å²) >= 11 is 0. The third kappa shape index (κ3) is 3.28. The highest BCUT2D eigenvalue weighted by Crippen LogP contribution is 2.39. The molecule has 1 aromatic carbocycles. The van der Waals surface area contributed by atoms with Crippen LogP contribution in [0.5, 0.6) is 0 Å². The Morgan fingerprint density at radius 3 is 2.38 bits per heavy atom. The lowest BCUT2D eigenvalue weighted by Gasteiger charge is -2.24. The van der Waals surface area contributed by atoms with Crippen LogP contribution in [0.15, 0.2) is 18.2 Å². The molecule has 1 saturated carbocycles. The smallest absolute Gasteiger partial charge is 0.416 e. The second kappa shape index (κ2) is 5.54. The molecule has 3 nitrogen and oxygen atoms in total. The average Bonchev–Trinajstić information content (AvgIpc) is 2.86. The minimum Gasteiger partial charge on any atom is -0.481 e. The zero-order valence-electron chi connectivity index (χ0n) is 11.1. The summed E-state index contributed by atoms with van der Waals surface area (Å²) in [5, 5.41) is 11.9. The molecule has 1 fully saturated rings. The first-order valence-electron chi connectivity index (χ1n) is 6.59. The van der Waals surface area contributed by atoms with E-state index in [-0.39, 0.29) is 12.2 Å². The summed E-state index contributed by atoms with van der Waals surface area (Å²) in [6.07, 6.45) is -2.07. The molecule has 0 aliphatic heterocycles. The maximum absolute atomic E-state index is 13.7. The predicted molar refractivity (Wildman–Crippen MR) is 68.4 cm³/mol. The van der Waals surface area contributed by atoms with E-state index in [0.717, 1.165) is 25.0 Å². The lowest BCUT2D eigenvalue weighted by molar-refractivity contribution is -0.147. The molecule has 0 saturated heterocycles. The van der Waals surface area contributed by atoms with E-state index in [9.17, 15) is 27.5 Å². The van der Waals surface area contributed by atoms with Gasteiger partial charge in [-0.25, -0.2) is 4.39 Å². The summed E-state index contributed by atoms with van der Waals surface area (Å²) in [5.41, 5.74) is -2.15. The van der Waals surface area contributed by atoms with Crippen molar-refractivity contribution in [2.75, 3.05) is 11.9 Å². The maximum atomic E-state index is 13.7. The molecule has 7 heteroatoms. The number of aliphatic carboxylic acids is 1. The van der Waals surface area contributed by atoms with E-state index >= 15 is 0 Å². The molecule has 0 amide bonds. The first-order valence-corrected chi connectivity index (χ1v) is 6.59. The number of anilines is 1. The van der Waals surface area contributed by atoms with Gasteiger partial charge in [-0.3, -0.25) is 4.79 Å². The fraction of sp³-hybridized carbons (Fsp3) is 0.500. The SMILES string of the molecule is O=C(O)C1(CNc2ccc(C(F)(F)F)cc2F)CCCC1. The number of carboxylic acids is 1. The van der Waals surface area contributed by atoms with Crippen molar-refractivity contribution in [3.63, 3.8) is 0 Å². The zero-order valence-corrected chi connectivity index (χ0v) is 11.1. The van der Waals surface area contributed by atoms with E-state index in [4.69, 9.17) is 0 Å². The van der Waals surface area contributed by atoms with Gasteiger partial charge >= 0.3 is 12.1 Å². The van der Waals surface area contributed by atoms with Crippen LogP contribution in [0.25, 0.3) is 0 Å². The van der Waals surface area contributed by atoms with Crippen LogP contribution in [-0.2, 0) is 11.0 Å². The van der Waals surface area contributed by atoms with E-state index in [0.29, 0.717) is 18.9 Å². The molecule has 0 radical (unpaired) electrons. The summed E-state index contributed by atoms with van der Waals surface area (Å²) < 4.78 is 51.0. The van der Waals surface area contributed by atoms with Gasteiger partial charge in [0.1, 0.15) is 5.82 Å². The van der Waals surface area contributed by atoms with Crippen LogP contribution in [0.4, 0.5) is 23.2 Å². The summed E-state index contributed by atoms with van der Waals surface area (Å²) in [4.78, 5) is 11.3. The molecule has 0 bridgehead atoms. The summed E-state index contributed by atoms with van der Waals surface area (Å²) in [5.74, 6) is -2.00. The van der Waals surface area contributed by atoms with Crippen LogP contribution in [0, 0.1) is 11.2 Å². The molecule has 1 aliphatic carbocycles. The van der Waals surface area contributed by atoms with Gasteiger partial charge in [0, 0.05) is 6.54 Å². The molecular weight excluding hydrogens is 290 g/mol. The number of halogens is 4. The highest BCUT2D eigenvalue weighted by molar-refractivity contribution is 5.76. The highest BCUT2D eigenvalue weighted by Gasteiger charge is 2.41. The molecule has 1 aliphatic rings. The molecule has 0 unspecified atom stereocenters. The first-order chi connectivity index (χ1) is 9.74. The first kappa shape index (κ1) is 15.6. The Hall–Kier alpha value is -1.79. The molecule has 2 rings (SSSR count). The summed E-state index contributed by atoms with van der Waals surface area (Å²) in [7, 11) is 0. The van der Waals surface area contributed by atoms with E-state index in [1.54, 1.807) is 0 Å². The molecule has 0 atom stereocenters. The van der Waals surface area contributed by atoms with Crippen molar-refractivity contribution < 1.29 is 27.5 Å². The molecule has 116 valence electrons. The molecule has 0 spiro atoms. The van der Waals surface area contributed by atoms with Crippen molar-refractivity contribution in [3.8, 4) is 0 Å². The minimum absolute atomic E-state index is 0.00458. The zero-order chi connectivity index (χ0) is 15.7. The van der Waals surface area contributed by atoms with Crippen LogP contribution >= 0.6 is 0 Å². The van der Waals surface area contributed by atoms with Gasteiger partial charge in [-0.05, 0) is 31.0 Å². The van der Waals surface area contributed by atoms with Gasteiger partial charge in [-0.15, -0.1) is 0 Å². The summed E-state index contributed by atoms with van der Waals surface area (Å²) in [6, 6.07) is 2.17. The van der Waals surface area contributed by atoms with Gasteiger partial charge in [-0.2, -0.15) is 13.2 Å². The fourth-order valence-corrected chi connectivity index (χ4v) is 2.62. The molecule has 1 aromatic rings. The van der Waals surface area contributed by atoms with Crippen molar-refractivity contribution in [2.24, 2.45) is 5.41 Å². The number of benzene rings is 1. The fourth-order valence-electron chi connectivity index (χ4n) is 2.62. The van der Waals surface area contributed by atoms with Crippen molar-refractivity contribution in [1.29, 1.82) is 0 Å². The van der Waals surface area contributed by atoms with Gasteiger partial charge in [0.2, 0.25) is 0 Å². The van der Waals surface area contributed by atoms with E-state index in [1.165, 1.54) is 0 Å². The Morgan fingerprint density at radius 2 is 1.90 bits per heavy atom. The molecule has 0 heterocycles. The number of carbonyl (C=O) groups is 1. The Bertz CT molecular complexity index is 536. The van der Waals surface area contributed by atoms with Gasteiger partial charge < -0.3 is 10.4 Å². The second-order valence-electron chi connectivity index (χ2n) is 5.34. The number of hydrogen-bond donors (Lipinski definition) is 2. The number of carboxylic acid groups (broad SMARTS) is 1. The number of alkyl halides is 3. The van der Waals surface area contributed by atoms with Crippen LogP contribution in [0.1, 0.15) is 31.2 Å². The van der Waals surface area contributed by atoms with E-state index in [1.807, 2.05) is 0 Å². The average molecular weight is 305 g/mol. The molecular formula is C14H15F4NO2. The molecule has 21 heavy (non-hydrogen) atoms. The Kier molecular flexibility index (Phi) is 4.11. The summed E-state index contributed by atoms with van der Waals surface area (Å²) in [6.45, 7) is 0.00458. The van der Waals surface area contributed by atoms with Gasteiger partial charge in [-0.1, -0.05) is 12.8 Å². The minimum atomic E-state index is -4.60. The van der Waals surface area contributed by atoms with Gasteiger partial charge in [0.05, 0.1) is 16.7 Å². The number of rotatable bonds is 4. The largest absolute Gasteiger partial charge is 0.481 e. The van der Waals surface area contributed by atoms with Crippen molar-refractivity contribution in [3.05, 3.63) is 29.6 Å². The number of nitrogens with one attached hydrogen (secondary N) is 1. The monoisotopic (exact) mass is 305 g/mol. The lowest BCUT2D eigenvalue weighted by Crippen LogP contribution is -2.35. The maximum Gasteiger partial charge on any atom is 0.416 e. The van der Waals surface area contributed by atoms with E-state index in [2.05, 4.69) is 5.32 Å². The molecule has 2 N–H and O–H groups in total. The van der Waals surface area contributed by atoms with Crippen molar-refractivity contribution in [2.45, 2.75) is 31.9 Å².